The number of amides is 1. The molecule has 1 saturated heterocycles. The Hall–Kier alpha value is -1.43. The first kappa shape index (κ1) is 26.6. The van der Waals surface area contributed by atoms with Gasteiger partial charge in [-0.15, -0.1) is 0 Å². The maximum absolute atomic E-state index is 11.8. The van der Waals surface area contributed by atoms with Crippen molar-refractivity contribution in [3.63, 3.8) is 0 Å². The first-order valence-electron chi connectivity index (χ1n) is 11.7. The SMILES string of the molecule is CC(C)(C)C(O)C(=O)N1CCNCC1.CCCN(CCC)CC(C)c1ccccc1. The van der Waals surface area contributed by atoms with Crippen LogP contribution < -0.4 is 5.32 Å². The lowest BCUT2D eigenvalue weighted by atomic mass is 9.88. The van der Waals surface area contributed by atoms with E-state index >= 15 is 0 Å². The maximum Gasteiger partial charge on any atom is 0.252 e. The molecule has 0 aliphatic carbocycles. The van der Waals surface area contributed by atoms with Crippen LogP contribution in [0.5, 0.6) is 0 Å². The van der Waals surface area contributed by atoms with Crippen LogP contribution in [0.15, 0.2) is 30.3 Å². The summed E-state index contributed by atoms with van der Waals surface area (Å²) in [6.45, 7) is 19.2. The Labute approximate surface area is 184 Å². The second kappa shape index (κ2) is 13.8. The summed E-state index contributed by atoms with van der Waals surface area (Å²) in [5.41, 5.74) is 1.09. The zero-order chi connectivity index (χ0) is 22.6. The summed E-state index contributed by atoms with van der Waals surface area (Å²) in [5.74, 6) is 0.498. The Morgan fingerprint density at radius 2 is 1.63 bits per heavy atom. The molecule has 1 aromatic carbocycles. The molecule has 2 N–H and O–H groups in total. The highest BCUT2D eigenvalue weighted by atomic mass is 16.3. The van der Waals surface area contributed by atoms with Gasteiger partial charge in [-0.25, -0.2) is 0 Å². The van der Waals surface area contributed by atoms with Crippen LogP contribution in [-0.2, 0) is 4.79 Å². The molecule has 1 aliphatic rings. The number of hydrogen-bond donors (Lipinski definition) is 2. The summed E-state index contributed by atoms with van der Waals surface area (Å²) in [5, 5.41) is 13.0. The van der Waals surface area contributed by atoms with Gasteiger partial charge in [-0.1, -0.05) is 71.9 Å². The fourth-order valence-corrected chi connectivity index (χ4v) is 3.63. The van der Waals surface area contributed by atoms with Gasteiger partial charge in [0.05, 0.1) is 0 Å². The average molecular weight is 420 g/mol. The van der Waals surface area contributed by atoms with Crippen LogP contribution in [0.2, 0.25) is 0 Å². The van der Waals surface area contributed by atoms with Gasteiger partial charge in [-0.2, -0.15) is 0 Å². The Morgan fingerprint density at radius 3 is 2.10 bits per heavy atom. The van der Waals surface area contributed by atoms with E-state index in [2.05, 4.69) is 61.3 Å². The molecule has 2 atom stereocenters. The fourth-order valence-electron chi connectivity index (χ4n) is 3.63. The first-order chi connectivity index (χ1) is 14.2. The second-order valence-corrected chi connectivity index (χ2v) is 9.46. The molecule has 0 bridgehead atoms. The predicted molar refractivity (Wildman–Crippen MR) is 127 cm³/mol. The monoisotopic (exact) mass is 419 g/mol. The summed E-state index contributed by atoms with van der Waals surface area (Å²) in [6, 6.07) is 10.8. The topological polar surface area (TPSA) is 55.8 Å². The third-order valence-corrected chi connectivity index (χ3v) is 5.46. The van der Waals surface area contributed by atoms with E-state index in [1.165, 1.54) is 38.0 Å². The smallest absolute Gasteiger partial charge is 0.252 e. The highest BCUT2D eigenvalue weighted by molar-refractivity contribution is 5.81. The molecule has 2 rings (SSSR count). The molecule has 5 heteroatoms. The maximum atomic E-state index is 11.8. The number of nitrogens with zero attached hydrogens (tertiary/aromatic N) is 2. The number of nitrogens with one attached hydrogen (secondary N) is 1. The Balaban J connectivity index is 0.000000303. The summed E-state index contributed by atoms with van der Waals surface area (Å²) in [6.07, 6.45) is 1.61. The molecular formula is C25H45N3O2. The normalized spacial score (nSPS) is 16.6. The third-order valence-electron chi connectivity index (χ3n) is 5.46. The Kier molecular flexibility index (Phi) is 12.2. The van der Waals surface area contributed by atoms with E-state index in [1.54, 1.807) is 4.90 Å². The molecule has 1 amide bonds. The minimum absolute atomic E-state index is 0.140. The van der Waals surface area contributed by atoms with Gasteiger partial charge in [-0.05, 0) is 42.8 Å². The lowest BCUT2D eigenvalue weighted by Crippen LogP contribution is -2.52. The van der Waals surface area contributed by atoms with Crippen molar-refractivity contribution in [3.8, 4) is 0 Å². The number of carbonyl (C=O) groups is 1. The molecule has 172 valence electrons. The van der Waals surface area contributed by atoms with Gasteiger partial charge >= 0.3 is 0 Å². The average Bonchev–Trinajstić information content (AvgIpc) is 2.74. The van der Waals surface area contributed by atoms with Gasteiger partial charge < -0.3 is 20.2 Å². The molecule has 0 saturated carbocycles. The zero-order valence-corrected chi connectivity index (χ0v) is 20.2. The van der Waals surface area contributed by atoms with E-state index in [0.717, 1.165) is 13.1 Å². The molecular weight excluding hydrogens is 374 g/mol. The minimum Gasteiger partial charge on any atom is -0.383 e. The van der Waals surface area contributed by atoms with Crippen LogP contribution in [0.25, 0.3) is 0 Å². The van der Waals surface area contributed by atoms with Crippen LogP contribution in [0, 0.1) is 5.41 Å². The van der Waals surface area contributed by atoms with E-state index in [1.807, 2.05) is 20.8 Å². The van der Waals surface area contributed by atoms with Gasteiger partial charge in [0.25, 0.3) is 5.91 Å². The zero-order valence-electron chi connectivity index (χ0n) is 20.2. The van der Waals surface area contributed by atoms with Crippen molar-refractivity contribution < 1.29 is 9.90 Å². The lowest BCUT2D eigenvalue weighted by molar-refractivity contribution is -0.146. The van der Waals surface area contributed by atoms with Crippen molar-refractivity contribution in [2.24, 2.45) is 5.41 Å². The number of aliphatic hydroxyl groups is 1. The minimum atomic E-state index is -0.888. The number of hydrogen-bond acceptors (Lipinski definition) is 4. The van der Waals surface area contributed by atoms with E-state index in [9.17, 15) is 9.90 Å². The largest absolute Gasteiger partial charge is 0.383 e. The van der Waals surface area contributed by atoms with E-state index in [-0.39, 0.29) is 11.3 Å². The van der Waals surface area contributed by atoms with Crippen molar-refractivity contribution >= 4 is 5.91 Å². The highest BCUT2D eigenvalue weighted by Gasteiger charge is 2.32. The molecule has 1 aliphatic heterocycles. The Morgan fingerprint density at radius 1 is 1.10 bits per heavy atom. The Bertz CT molecular complexity index is 574. The number of carbonyl (C=O) groups excluding carboxylic acids is 1. The van der Waals surface area contributed by atoms with E-state index in [4.69, 9.17) is 0 Å². The molecule has 5 nitrogen and oxygen atoms in total. The standard InChI is InChI=1S/C15H25N.C10H20N2O2/c1-4-11-16(12-5-2)13-14(3)15-9-7-6-8-10-15;1-10(2,3)8(13)9(14)12-6-4-11-5-7-12/h6-10,14H,4-5,11-13H2,1-3H3;8,11,13H,4-7H2,1-3H3. The van der Waals surface area contributed by atoms with Crippen LogP contribution in [0.1, 0.15) is 65.9 Å². The molecule has 1 heterocycles. The van der Waals surface area contributed by atoms with Crippen molar-refractivity contribution in [2.45, 2.75) is 66.4 Å². The van der Waals surface area contributed by atoms with E-state index < -0.39 is 6.10 Å². The summed E-state index contributed by atoms with van der Waals surface area (Å²) >= 11 is 0. The van der Waals surface area contributed by atoms with Gasteiger partial charge in [-0.3, -0.25) is 4.79 Å². The van der Waals surface area contributed by atoms with Crippen molar-refractivity contribution in [1.82, 2.24) is 15.1 Å². The molecule has 0 spiro atoms. The number of rotatable bonds is 8. The molecule has 1 fully saturated rings. The lowest BCUT2D eigenvalue weighted by Gasteiger charge is -2.33. The second-order valence-electron chi connectivity index (χ2n) is 9.46. The van der Waals surface area contributed by atoms with Crippen molar-refractivity contribution in [3.05, 3.63) is 35.9 Å². The molecule has 1 aromatic rings. The molecule has 2 unspecified atom stereocenters. The van der Waals surface area contributed by atoms with Gasteiger partial charge in [0.2, 0.25) is 0 Å². The van der Waals surface area contributed by atoms with Crippen LogP contribution in [0.3, 0.4) is 0 Å². The van der Waals surface area contributed by atoms with Gasteiger partial charge in [0.1, 0.15) is 6.10 Å². The first-order valence-corrected chi connectivity index (χ1v) is 11.7. The third kappa shape index (κ3) is 9.59. The quantitative estimate of drug-likeness (QED) is 0.674. The van der Waals surface area contributed by atoms with Gasteiger partial charge in [0, 0.05) is 32.7 Å². The number of benzene rings is 1. The molecule has 0 aromatic heterocycles. The van der Waals surface area contributed by atoms with Crippen LogP contribution in [0.4, 0.5) is 0 Å². The summed E-state index contributed by atoms with van der Waals surface area (Å²) in [7, 11) is 0. The molecule has 0 radical (unpaired) electrons. The summed E-state index contributed by atoms with van der Waals surface area (Å²) < 4.78 is 0. The highest BCUT2D eigenvalue weighted by Crippen LogP contribution is 2.21. The van der Waals surface area contributed by atoms with E-state index in [0.29, 0.717) is 19.0 Å². The predicted octanol–water partition coefficient (Wildman–Crippen LogP) is 3.74. The van der Waals surface area contributed by atoms with Crippen LogP contribution >= 0.6 is 0 Å². The van der Waals surface area contributed by atoms with Crippen molar-refractivity contribution in [1.29, 1.82) is 0 Å². The van der Waals surface area contributed by atoms with Gasteiger partial charge in [0.15, 0.2) is 0 Å². The molecule has 30 heavy (non-hydrogen) atoms. The number of piperazine rings is 1. The number of aliphatic hydroxyl groups excluding tert-OH is 1. The summed E-state index contributed by atoms with van der Waals surface area (Å²) in [4.78, 5) is 16.1. The fraction of sp³-hybridized carbons (Fsp3) is 0.720. The van der Waals surface area contributed by atoms with Crippen molar-refractivity contribution in [2.75, 3.05) is 45.8 Å². The van der Waals surface area contributed by atoms with Crippen LogP contribution in [-0.4, -0.2) is 72.7 Å².